The van der Waals surface area contributed by atoms with Crippen molar-refractivity contribution in [3.05, 3.63) is 59.9 Å². The van der Waals surface area contributed by atoms with Gasteiger partial charge in [-0.3, -0.25) is 9.79 Å². The monoisotopic (exact) mass is 503 g/mol. The second-order valence-electron chi connectivity index (χ2n) is 10.6. The Hall–Kier alpha value is -3.52. The first-order chi connectivity index (χ1) is 17.8. The van der Waals surface area contributed by atoms with Crippen LogP contribution in [0.4, 0.5) is 11.5 Å². The van der Waals surface area contributed by atoms with Gasteiger partial charge in [0.15, 0.2) is 0 Å². The van der Waals surface area contributed by atoms with E-state index in [1.807, 2.05) is 41.3 Å². The van der Waals surface area contributed by atoms with Crippen LogP contribution in [-0.2, 0) is 9.59 Å². The third-order valence-corrected chi connectivity index (χ3v) is 7.07. The molecule has 1 saturated carbocycles. The smallest absolute Gasteiger partial charge is 0.230 e. The molecule has 2 fully saturated rings. The van der Waals surface area contributed by atoms with Gasteiger partial charge < -0.3 is 25.9 Å². The summed E-state index contributed by atoms with van der Waals surface area (Å²) in [6, 6.07) is 11.4. The zero-order valence-electron chi connectivity index (χ0n) is 21.6. The minimum atomic E-state index is -0.772. The van der Waals surface area contributed by atoms with Crippen molar-refractivity contribution in [2.75, 3.05) is 29.9 Å². The van der Waals surface area contributed by atoms with Crippen molar-refractivity contribution in [3.8, 4) is 0 Å². The average molecular weight is 504 g/mol. The van der Waals surface area contributed by atoms with E-state index in [-0.39, 0.29) is 11.8 Å². The van der Waals surface area contributed by atoms with Gasteiger partial charge in [-0.2, -0.15) is 0 Å². The lowest BCUT2D eigenvalue weighted by Crippen LogP contribution is -2.27. The fraction of sp³-hybridized carbons (Fsp3) is 0.448. The Morgan fingerprint density at radius 3 is 2.81 bits per heavy atom. The van der Waals surface area contributed by atoms with Crippen molar-refractivity contribution in [1.82, 2.24) is 4.98 Å². The molecule has 0 spiro atoms. The topological polar surface area (TPSA) is 121 Å². The summed E-state index contributed by atoms with van der Waals surface area (Å²) >= 11 is 0. The quantitative estimate of drug-likeness (QED) is 0.299. The summed E-state index contributed by atoms with van der Waals surface area (Å²) in [5.41, 5.74) is 8.37. The number of benzene rings is 1. The molecule has 1 saturated heterocycles. The number of allylic oxidation sites excluding steroid dienone is 1. The van der Waals surface area contributed by atoms with E-state index in [4.69, 9.17) is 5.73 Å². The van der Waals surface area contributed by atoms with Crippen LogP contribution in [0.3, 0.4) is 0 Å². The van der Waals surface area contributed by atoms with Crippen LogP contribution >= 0.6 is 0 Å². The summed E-state index contributed by atoms with van der Waals surface area (Å²) in [6.45, 7) is 5.09. The number of anilines is 2. The van der Waals surface area contributed by atoms with E-state index >= 15 is 0 Å². The number of aldehydes is 1. The molecule has 8 nitrogen and oxygen atoms in total. The SMILES string of the molecule is CC(C)(O)CCN=CC(=CN)c1cccc(C(C=O)CNc2cc(N3CC[C@@H](C4CC4)C3=O)ccn2)c1. The highest BCUT2D eigenvalue weighted by atomic mass is 16.3. The summed E-state index contributed by atoms with van der Waals surface area (Å²) in [5.74, 6) is 1.17. The molecular formula is C29H37N5O3. The number of carbonyl (C=O) groups excluding carboxylic acids is 2. The Balaban J connectivity index is 1.39. The van der Waals surface area contributed by atoms with Gasteiger partial charge in [0.1, 0.15) is 12.1 Å². The first-order valence-corrected chi connectivity index (χ1v) is 13.0. The highest BCUT2D eigenvalue weighted by Gasteiger charge is 2.42. The van der Waals surface area contributed by atoms with Crippen LogP contribution < -0.4 is 16.0 Å². The van der Waals surface area contributed by atoms with Crippen LogP contribution in [0.25, 0.3) is 5.57 Å². The Labute approximate surface area is 218 Å². The van der Waals surface area contributed by atoms with Crippen LogP contribution in [0.1, 0.15) is 56.6 Å². The second-order valence-corrected chi connectivity index (χ2v) is 10.6. The zero-order valence-corrected chi connectivity index (χ0v) is 21.6. The number of nitrogens with one attached hydrogen (secondary N) is 1. The number of nitrogens with two attached hydrogens (primary N) is 1. The zero-order chi connectivity index (χ0) is 26.4. The largest absolute Gasteiger partial charge is 0.404 e. The molecule has 196 valence electrons. The van der Waals surface area contributed by atoms with E-state index in [0.29, 0.717) is 31.2 Å². The van der Waals surface area contributed by atoms with Gasteiger partial charge in [0.2, 0.25) is 5.91 Å². The molecule has 1 aromatic heterocycles. The minimum absolute atomic E-state index is 0.162. The summed E-state index contributed by atoms with van der Waals surface area (Å²) in [7, 11) is 0. The molecule has 0 radical (unpaired) electrons. The maximum atomic E-state index is 12.8. The van der Waals surface area contributed by atoms with Crippen molar-refractivity contribution >= 4 is 35.5 Å². The molecule has 1 amide bonds. The van der Waals surface area contributed by atoms with Crippen molar-refractivity contribution in [2.45, 2.75) is 51.0 Å². The van der Waals surface area contributed by atoms with Crippen LogP contribution in [-0.4, -0.2) is 53.7 Å². The molecule has 37 heavy (non-hydrogen) atoms. The second kappa shape index (κ2) is 11.7. The van der Waals surface area contributed by atoms with Crippen molar-refractivity contribution in [1.29, 1.82) is 0 Å². The average Bonchev–Trinajstić information content (AvgIpc) is 3.65. The summed E-state index contributed by atoms with van der Waals surface area (Å²) in [6.07, 6.45) is 9.60. The number of hydrogen-bond acceptors (Lipinski definition) is 7. The van der Waals surface area contributed by atoms with Gasteiger partial charge in [-0.15, -0.1) is 0 Å². The predicted octanol–water partition coefficient (Wildman–Crippen LogP) is 3.77. The third-order valence-electron chi connectivity index (χ3n) is 7.07. The summed E-state index contributed by atoms with van der Waals surface area (Å²) in [4.78, 5) is 35.5. The van der Waals surface area contributed by atoms with Crippen LogP contribution in [0.15, 0.2) is 53.8 Å². The highest BCUT2D eigenvalue weighted by Crippen LogP contribution is 2.43. The standard InChI is InChI=1S/C29H37N5O3/c1-29(2,37)10-12-31-17-23(16-30)21-4-3-5-22(14-21)24(19-35)18-33-27-15-25(8-11-32-27)34-13-9-26(28(34)36)20-6-7-20/h3-5,8,11,14-17,19-20,24,26,37H,6-7,9-10,12-13,18,30H2,1-2H3,(H,32,33)/t24?,26-/m0/s1. The van der Waals surface area contributed by atoms with E-state index < -0.39 is 11.5 Å². The number of carbonyl (C=O) groups is 2. The highest BCUT2D eigenvalue weighted by molar-refractivity contribution is 6.09. The van der Waals surface area contributed by atoms with Gasteiger partial charge in [-0.05, 0) is 62.6 Å². The van der Waals surface area contributed by atoms with Gasteiger partial charge in [0, 0.05) is 61.5 Å². The molecule has 8 heteroatoms. The van der Waals surface area contributed by atoms with Crippen LogP contribution in [0.2, 0.25) is 0 Å². The van der Waals surface area contributed by atoms with Gasteiger partial charge in [-0.25, -0.2) is 4.98 Å². The van der Waals surface area contributed by atoms with E-state index in [9.17, 15) is 14.7 Å². The number of hydrogen-bond donors (Lipinski definition) is 3. The fourth-order valence-corrected chi connectivity index (χ4v) is 4.70. The molecule has 2 heterocycles. The van der Waals surface area contributed by atoms with Crippen molar-refractivity contribution in [3.63, 3.8) is 0 Å². The van der Waals surface area contributed by atoms with Crippen molar-refractivity contribution in [2.24, 2.45) is 22.6 Å². The van der Waals surface area contributed by atoms with Crippen molar-refractivity contribution < 1.29 is 14.7 Å². The van der Waals surface area contributed by atoms with Gasteiger partial charge in [0.25, 0.3) is 0 Å². The lowest BCUT2D eigenvalue weighted by atomic mass is 9.96. The minimum Gasteiger partial charge on any atom is -0.404 e. The molecule has 4 N–H and O–H groups in total. The molecule has 2 aromatic rings. The fourth-order valence-electron chi connectivity index (χ4n) is 4.70. The van der Waals surface area contributed by atoms with Gasteiger partial charge in [0.05, 0.1) is 11.5 Å². The van der Waals surface area contributed by atoms with E-state index in [2.05, 4.69) is 15.3 Å². The summed E-state index contributed by atoms with van der Waals surface area (Å²) < 4.78 is 0. The molecule has 2 aliphatic rings. The maximum absolute atomic E-state index is 12.8. The Kier molecular flexibility index (Phi) is 8.38. The maximum Gasteiger partial charge on any atom is 0.230 e. The number of amides is 1. The Morgan fingerprint density at radius 1 is 1.30 bits per heavy atom. The van der Waals surface area contributed by atoms with Crippen LogP contribution in [0.5, 0.6) is 0 Å². The third kappa shape index (κ3) is 7.04. The van der Waals surface area contributed by atoms with E-state index in [1.54, 1.807) is 26.3 Å². The lowest BCUT2D eigenvalue weighted by molar-refractivity contribution is -0.120. The van der Waals surface area contributed by atoms with E-state index in [1.165, 1.54) is 19.0 Å². The number of aliphatic hydroxyl groups is 1. The number of nitrogens with zero attached hydrogens (tertiary/aromatic N) is 3. The number of aliphatic imine (C=N–C) groups is 1. The lowest BCUT2D eigenvalue weighted by Gasteiger charge is -2.18. The van der Waals surface area contributed by atoms with Crippen LogP contribution in [0, 0.1) is 11.8 Å². The Bertz CT molecular complexity index is 1170. The predicted molar refractivity (Wildman–Crippen MR) is 148 cm³/mol. The Morgan fingerprint density at radius 2 is 2.11 bits per heavy atom. The molecule has 1 unspecified atom stereocenters. The molecule has 4 rings (SSSR count). The normalized spacial score (nSPS) is 19.4. The molecule has 0 bridgehead atoms. The number of rotatable bonds is 12. The summed E-state index contributed by atoms with van der Waals surface area (Å²) in [5, 5.41) is 13.1. The molecule has 1 aliphatic carbocycles. The van der Waals surface area contributed by atoms with Gasteiger partial charge in [-0.1, -0.05) is 24.3 Å². The molecule has 1 aromatic carbocycles. The molecule has 2 atom stereocenters. The first-order valence-electron chi connectivity index (χ1n) is 13.0. The molecular weight excluding hydrogens is 466 g/mol. The van der Waals surface area contributed by atoms with Gasteiger partial charge >= 0.3 is 0 Å². The number of aromatic nitrogens is 1. The number of pyridine rings is 1. The first kappa shape index (κ1) is 26.5. The molecule has 1 aliphatic heterocycles. The van der Waals surface area contributed by atoms with E-state index in [0.717, 1.165) is 41.6 Å².